The van der Waals surface area contributed by atoms with Gasteiger partial charge in [-0.3, -0.25) is 0 Å². The summed E-state index contributed by atoms with van der Waals surface area (Å²) in [7, 11) is 0. The first-order valence-electron chi connectivity index (χ1n) is 4.41. The van der Waals surface area contributed by atoms with Crippen LogP contribution < -0.4 is 5.32 Å². The van der Waals surface area contributed by atoms with Crippen LogP contribution in [0.25, 0.3) is 0 Å². The lowest BCUT2D eigenvalue weighted by atomic mass is 9.96. The van der Waals surface area contributed by atoms with E-state index in [1.54, 1.807) is 6.92 Å². The Morgan fingerprint density at radius 1 is 1.38 bits per heavy atom. The van der Waals surface area contributed by atoms with E-state index in [0.29, 0.717) is 13.2 Å². The third-order valence-electron chi connectivity index (χ3n) is 2.30. The third kappa shape index (κ3) is 2.84. The van der Waals surface area contributed by atoms with Crippen molar-refractivity contribution >= 4 is 0 Å². The first-order chi connectivity index (χ1) is 6.05. The highest BCUT2D eigenvalue weighted by Gasteiger charge is 2.46. The fourth-order valence-electron chi connectivity index (χ4n) is 1.56. The van der Waals surface area contributed by atoms with Crippen LogP contribution >= 0.6 is 0 Å². The highest BCUT2D eigenvalue weighted by molar-refractivity contribution is 4.85. The molecule has 0 saturated carbocycles. The summed E-state index contributed by atoms with van der Waals surface area (Å²) in [5.74, 6) is -1.65. The molecular formula is C8H14F3NO. The van der Waals surface area contributed by atoms with Crippen molar-refractivity contribution in [3.63, 3.8) is 0 Å². The van der Waals surface area contributed by atoms with Gasteiger partial charge >= 0.3 is 6.18 Å². The van der Waals surface area contributed by atoms with Crippen molar-refractivity contribution in [2.45, 2.75) is 13.1 Å². The van der Waals surface area contributed by atoms with Gasteiger partial charge in [-0.05, 0) is 6.92 Å². The molecule has 13 heavy (non-hydrogen) atoms. The van der Waals surface area contributed by atoms with E-state index in [0.717, 1.165) is 0 Å². The van der Waals surface area contributed by atoms with E-state index < -0.39 is 18.0 Å². The maximum atomic E-state index is 12.3. The van der Waals surface area contributed by atoms with Gasteiger partial charge in [0.1, 0.15) is 0 Å². The first-order valence-corrected chi connectivity index (χ1v) is 4.41. The summed E-state index contributed by atoms with van der Waals surface area (Å²) in [6.07, 6.45) is -4.09. The monoisotopic (exact) mass is 197 g/mol. The van der Waals surface area contributed by atoms with Gasteiger partial charge in [-0.15, -0.1) is 0 Å². The number of halogens is 3. The summed E-state index contributed by atoms with van der Waals surface area (Å²) >= 11 is 0. The van der Waals surface area contributed by atoms with Gasteiger partial charge in [-0.2, -0.15) is 13.2 Å². The third-order valence-corrected chi connectivity index (χ3v) is 2.30. The first kappa shape index (κ1) is 10.8. The second-order valence-electron chi connectivity index (χ2n) is 3.23. The molecule has 1 heterocycles. The van der Waals surface area contributed by atoms with Gasteiger partial charge in [0.25, 0.3) is 0 Å². The van der Waals surface area contributed by atoms with E-state index in [-0.39, 0.29) is 13.2 Å². The van der Waals surface area contributed by atoms with Crippen LogP contribution in [0, 0.1) is 11.8 Å². The van der Waals surface area contributed by atoms with E-state index in [2.05, 4.69) is 5.32 Å². The van der Waals surface area contributed by atoms with Crippen molar-refractivity contribution in [1.29, 1.82) is 0 Å². The Morgan fingerprint density at radius 2 is 2.08 bits per heavy atom. The summed E-state index contributed by atoms with van der Waals surface area (Å²) in [6.45, 7) is 2.89. The number of nitrogens with one attached hydrogen (secondary N) is 1. The predicted octanol–water partition coefficient (Wildman–Crippen LogP) is 1.42. The minimum absolute atomic E-state index is 0.0290. The number of rotatable bonds is 3. The average molecular weight is 197 g/mol. The minimum atomic E-state index is -4.09. The Balaban J connectivity index is 2.44. The molecule has 0 radical (unpaired) electrons. The molecule has 2 atom stereocenters. The van der Waals surface area contributed by atoms with Gasteiger partial charge in [-0.1, -0.05) is 0 Å². The molecule has 0 amide bonds. The summed E-state index contributed by atoms with van der Waals surface area (Å²) in [5.41, 5.74) is 0. The Hall–Kier alpha value is -0.290. The average Bonchev–Trinajstić information content (AvgIpc) is 2.47. The van der Waals surface area contributed by atoms with Crippen molar-refractivity contribution in [1.82, 2.24) is 5.32 Å². The van der Waals surface area contributed by atoms with Gasteiger partial charge in [-0.25, -0.2) is 0 Å². The van der Waals surface area contributed by atoms with Crippen LogP contribution in [0.4, 0.5) is 13.2 Å². The molecule has 0 aromatic rings. The molecule has 0 spiro atoms. The van der Waals surface area contributed by atoms with Gasteiger partial charge in [0, 0.05) is 25.6 Å². The largest absolute Gasteiger partial charge is 0.393 e. The van der Waals surface area contributed by atoms with Crippen LogP contribution in [0.3, 0.4) is 0 Å². The summed E-state index contributed by atoms with van der Waals surface area (Å²) in [4.78, 5) is 0. The normalized spacial score (nSPS) is 29.5. The van der Waals surface area contributed by atoms with Crippen molar-refractivity contribution in [2.24, 2.45) is 11.8 Å². The molecule has 1 saturated heterocycles. The number of alkyl halides is 3. The van der Waals surface area contributed by atoms with Crippen LogP contribution in [0.2, 0.25) is 0 Å². The quantitative estimate of drug-likeness (QED) is 0.738. The van der Waals surface area contributed by atoms with Crippen LogP contribution in [0.5, 0.6) is 0 Å². The maximum Gasteiger partial charge on any atom is 0.393 e. The molecule has 1 aliphatic heterocycles. The van der Waals surface area contributed by atoms with Gasteiger partial charge in [0.15, 0.2) is 0 Å². The molecular weight excluding hydrogens is 183 g/mol. The zero-order chi connectivity index (χ0) is 9.90. The zero-order valence-electron chi connectivity index (χ0n) is 7.53. The molecule has 0 bridgehead atoms. The number of ether oxygens (including phenoxy) is 1. The Kier molecular flexibility index (Phi) is 3.55. The van der Waals surface area contributed by atoms with Gasteiger partial charge < -0.3 is 10.1 Å². The fourth-order valence-corrected chi connectivity index (χ4v) is 1.56. The molecule has 0 unspecified atom stereocenters. The Bertz CT molecular complexity index is 160. The molecule has 0 aromatic carbocycles. The summed E-state index contributed by atoms with van der Waals surface area (Å²) < 4.78 is 42.0. The Labute approximate surface area is 75.4 Å². The van der Waals surface area contributed by atoms with Gasteiger partial charge in [0.2, 0.25) is 0 Å². The molecule has 5 heteroatoms. The lowest BCUT2D eigenvalue weighted by Gasteiger charge is -2.20. The van der Waals surface area contributed by atoms with Crippen LogP contribution in [0.1, 0.15) is 6.92 Å². The second kappa shape index (κ2) is 4.28. The molecule has 0 aliphatic carbocycles. The summed E-state index contributed by atoms with van der Waals surface area (Å²) in [6, 6.07) is 0. The topological polar surface area (TPSA) is 21.3 Å². The highest BCUT2D eigenvalue weighted by atomic mass is 19.4. The summed E-state index contributed by atoms with van der Waals surface area (Å²) in [5, 5.41) is 2.74. The molecule has 1 fully saturated rings. The molecule has 1 aliphatic rings. The SMILES string of the molecule is CCOC[C@H]1CNC[C@H]1C(F)(F)F. The predicted molar refractivity (Wildman–Crippen MR) is 42.4 cm³/mol. The lowest BCUT2D eigenvalue weighted by Crippen LogP contribution is -2.31. The van der Waals surface area contributed by atoms with Crippen molar-refractivity contribution < 1.29 is 17.9 Å². The molecule has 2 nitrogen and oxygen atoms in total. The fraction of sp³-hybridized carbons (Fsp3) is 1.00. The standard InChI is InChI=1S/C8H14F3NO/c1-2-13-5-6-3-12-4-7(6)8(9,10)11/h6-7,12H,2-5H2,1H3/t6-,7-/m1/s1. The van der Waals surface area contributed by atoms with Crippen LogP contribution in [-0.2, 0) is 4.74 Å². The van der Waals surface area contributed by atoms with E-state index in [4.69, 9.17) is 4.74 Å². The number of hydrogen-bond acceptors (Lipinski definition) is 2. The molecule has 1 rings (SSSR count). The second-order valence-corrected chi connectivity index (χ2v) is 3.23. The number of hydrogen-bond donors (Lipinski definition) is 1. The molecule has 78 valence electrons. The van der Waals surface area contributed by atoms with Crippen LogP contribution in [0.15, 0.2) is 0 Å². The van der Waals surface area contributed by atoms with Crippen molar-refractivity contribution in [3.8, 4) is 0 Å². The van der Waals surface area contributed by atoms with E-state index in [1.165, 1.54) is 0 Å². The Morgan fingerprint density at radius 3 is 2.62 bits per heavy atom. The minimum Gasteiger partial charge on any atom is -0.381 e. The van der Waals surface area contributed by atoms with Crippen LogP contribution in [-0.4, -0.2) is 32.5 Å². The molecule has 0 aromatic heterocycles. The van der Waals surface area contributed by atoms with E-state index >= 15 is 0 Å². The highest BCUT2D eigenvalue weighted by Crippen LogP contribution is 2.34. The zero-order valence-corrected chi connectivity index (χ0v) is 7.53. The van der Waals surface area contributed by atoms with Crippen molar-refractivity contribution in [2.75, 3.05) is 26.3 Å². The smallest absolute Gasteiger partial charge is 0.381 e. The lowest BCUT2D eigenvalue weighted by molar-refractivity contribution is -0.183. The van der Waals surface area contributed by atoms with E-state index in [1.807, 2.05) is 0 Å². The maximum absolute atomic E-state index is 12.3. The van der Waals surface area contributed by atoms with E-state index in [9.17, 15) is 13.2 Å². The van der Waals surface area contributed by atoms with Gasteiger partial charge in [0.05, 0.1) is 12.5 Å². The molecule has 1 N–H and O–H groups in total. The van der Waals surface area contributed by atoms with Crippen molar-refractivity contribution in [3.05, 3.63) is 0 Å².